The molecule has 0 saturated heterocycles. The molecule has 0 fully saturated rings. The Kier molecular flexibility index (Phi) is 6.19. The van der Waals surface area contributed by atoms with Crippen molar-refractivity contribution in [1.29, 1.82) is 0 Å². The zero-order valence-electron chi connectivity index (χ0n) is 11.2. The molecule has 0 unspecified atom stereocenters. The molecule has 0 aliphatic carbocycles. The largest absolute Gasteiger partial charge is 0.329 e. The Hall–Kier alpha value is -0.900. The monoisotopic (exact) mass is 238 g/mol. The molecule has 0 spiro atoms. The quantitative estimate of drug-likeness (QED) is 0.299. The molecule has 0 bridgehead atoms. The lowest BCUT2D eigenvalue weighted by atomic mass is 10.1. The van der Waals surface area contributed by atoms with Gasteiger partial charge in [-0.05, 0) is 18.4 Å². The van der Waals surface area contributed by atoms with Gasteiger partial charge in [-0.2, -0.15) is 0 Å². The van der Waals surface area contributed by atoms with Crippen LogP contribution in [0.25, 0.3) is 0 Å². The molecule has 0 aliphatic heterocycles. The van der Waals surface area contributed by atoms with Crippen molar-refractivity contribution in [2.24, 2.45) is 0 Å². The molecular weight excluding hydrogens is 214 g/mol. The van der Waals surface area contributed by atoms with Gasteiger partial charge < -0.3 is 4.48 Å². The van der Waals surface area contributed by atoms with Crippen LogP contribution in [0.2, 0.25) is 0 Å². The maximum absolute atomic E-state index is 5.14. The molecule has 0 radical (unpaired) electrons. The standard InChI is InChI=1S/C14H24NO2/c1-15(2,3)11-13-17-16-12-7-10-14-8-5-4-6-9-14/h4-6,8-9H,7,10-13H2,1-3H3/q+1. The van der Waals surface area contributed by atoms with Crippen LogP contribution in [0.15, 0.2) is 30.3 Å². The zero-order chi connectivity index (χ0) is 12.6. The Bertz CT molecular complexity index is 293. The van der Waals surface area contributed by atoms with E-state index in [1.165, 1.54) is 5.56 Å². The Morgan fingerprint density at radius 1 is 0.941 bits per heavy atom. The van der Waals surface area contributed by atoms with E-state index < -0.39 is 0 Å². The lowest BCUT2D eigenvalue weighted by Gasteiger charge is -2.23. The summed E-state index contributed by atoms with van der Waals surface area (Å²) in [6.07, 6.45) is 2.04. The molecule has 3 nitrogen and oxygen atoms in total. The molecule has 0 aliphatic rings. The molecule has 0 aromatic heterocycles. The fourth-order valence-corrected chi connectivity index (χ4v) is 1.41. The molecular formula is C14H24NO2+. The second-order valence-corrected chi connectivity index (χ2v) is 5.25. The van der Waals surface area contributed by atoms with Gasteiger partial charge in [-0.15, -0.1) is 0 Å². The Morgan fingerprint density at radius 2 is 1.59 bits per heavy atom. The highest BCUT2D eigenvalue weighted by atomic mass is 17.2. The molecule has 1 aromatic rings. The summed E-state index contributed by atoms with van der Waals surface area (Å²) in [6.45, 7) is 2.26. The van der Waals surface area contributed by atoms with Gasteiger partial charge >= 0.3 is 0 Å². The number of aryl methyl sites for hydroxylation is 1. The van der Waals surface area contributed by atoms with E-state index in [4.69, 9.17) is 9.78 Å². The van der Waals surface area contributed by atoms with E-state index in [2.05, 4.69) is 45.4 Å². The van der Waals surface area contributed by atoms with E-state index in [1.807, 2.05) is 6.07 Å². The van der Waals surface area contributed by atoms with Crippen molar-refractivity contribution in [2.45, 2.75) is 12.8 Å². The summed E-state index contributed by atoms with van der Waals surface area (Å²) >= 11 is 0. The highest BCUT2D eigenvalue weighted by molar-refractivity contribution is 5.14. The van der Waals surface area contributed by atoms with Gasteiger partial charge in [-0.3, -0.25) is 0 Å². The van der Waals surface area contributed by atoms with Crippen LogP contribution in [0, 0.1) is 0 Å². The molecule has 0 saturated carbocycles. The van der Waals surface area contributed by atoms with Crippen LogP contribution in [0.5, 0.6) is 0 Å². The van der Waals surface area contributed by atoms with E-state index in [0.717, 1.165) is 23.9 Å². The average Bonchev–Trinajstić information content (AvgIpc) is 2.28. The van der Waals surface area contributed by atoms with Crippen LogP contribution in [0.4, 0.5) is 0 Å². The van der Waals surface area contributed by atoms with Gasteiger partial charge in [0.1, 0.15) is 13.2 Å². The van der Waals surface area contributed by atoms with Gasteiger partial charge in [0.15, 0.2) is 0 Å². The van der Waals surface area contributed by atoms with Crippen molar-refractivity contribution in [1.82, 2.24) is 0 Å². The number of hydrogen-bond donors (Lipinski definition) is 0. The second kappa shape index (κ2) is 7.43. The number of likely N-dealkylation sites (N-methyl/N-ethyl adjacent to an activating group) is 1. The second-order valence-electron chi connectivity index (χ2n) is 5.25. The van der Waals surface area contributed by atoms with Crippen LogP contribution in [0.3, 0.4) is 0 Å². The minimum Gasteiger partial charge on any atom is -0.329 e. The lowest BCUT2D eigenvalue weighted by Crippen LogP contribution is -2.37. The number of nitrogens with zero attached hydrogens (tertiary/aromatic N) is 1. The Morgan fingerprint density at radius 3 is 2.24 bits per heavy atom. The summed E-state index contributed by atoms with van der Waals surface area (Å²) in [5, 5.41) is 0. The first-order chi connectivity index (χ1) is 8.08. The number of rotatable bonds is 8. The fourth-order valence-electron chi connectivity index (χ4n) is 1.41. The normalized spacial score (nSPS) is 11.7. The van der Waals surface area contributed by atoms with Crippen LogP contribution in [-0.4, -0.2) is 45.4 Å². The summed E-state index contributed by atoms with van der Waals surface area (Å²) in [7, 11) is 6.41. The molecule has 17 heavy (non-hydrogen) atoms. The highest BCUT2D eigenvalue weighted by Crippen LogP contribution is 2.02. The first-order valence-corrected chi connectivity index (χ1v) is 6.17. The van der Waals surface area contributed by atoms with Gasteiger partial charge in [0.2, 0.25) is 0 Å². The van der Waals surface area contributed by atoms with E-state index in [0.29, 0.717) is 13.2 Å². The van der Waals surface area contributed by atoms with Crippen molar-refractivity contribution in [2.75, 3.05) is 40.9 Å². The molecule has 1 aromatic carbocycles. The van der Waals surface area contributed by atoms with Gasteiger partial charge in [0.25, 0.3) is 0 Å². The Labute approximate surface area is 104 Å². The van der Waals surface area contributed by atoms with Gasteiger partial charge in [-0.1, -0.05) is 30.3 Å². The minimum atomic E-state index is 0.648. The van der Waals surface area contributed by atoms with E-state index >= 15 is 0 Å². The Balaban J connectivity index is 1.95. The molecule has 0 N–H and O–H groups in total. The van der Waals surface area contributed by atoms with E-state index in [1.54, 1.807) is 0 Å². The highest BCUT2D eigenvalue weighted by Gasteiger charge is 2.05. The van der Waals surface area contributed by atoms with Gasteiger partial charge in [0.05, 0.1) is 27.7 Å². The maximum atomic E-state index is 5.14. The topological polar surface area (TPSA) is 18.5 Å². The maximum Gasteiger partial charge on any atom is 0.131 e. The van der Waals surface area contributed by atoms with Gasteiger partial charge in [0, 0.05) is 0 Å². The SMILES string of the molecule is C[N+](C)(C)CCOOCCCc1ccccc1. The molecule has 0 atom stereocenters. The first kappa shape index (κ1) is 14.2. The predicted octanol–water partition coefficient (Wildman–Crippen LogP) is 2.27. The summed E-state index contributed by atoms with van der Waals surface area (Å²) in [5.41, 5.74) is 1.35. The van der Waals surface area contributed by atoms with Crippen molar-refractivity contribution < 1.29 is 14.3 Å². The van der Waals surface area contributed by atoms with Crippen molar-refractivity contribution >= 4 is 0 Å². The third kappa shape index (κ3) is 7.91. The van der Waals surface area contributed by atoms with Crippen LogP contribution in [0.1, 0.15) is 12.0 Å². The van der Waals surface area contributed by atoms with Crippen molar-refractivity contribution in [3.05, 3.63) is 35.9 Å². The number of hydrogen-bond acceptors (Lipinski definition) is 2. The summed E-state index contributed by atoms with van der Waals surface area (Å²) in [4.78, 5) is 10.3. The summed E-state index contributed by atoms with van der Waals surface area (Å²) < 4.78 is 0.896. The smallest absolute Gasteiger partial charge is 0.131 e. The van der Waals surface area contributed by atoms with Crippen LogP contribution in [-0.2, 0) is 16.2 Å². The van der Waals surface area contributed by atoms with Crippen molar-refractivity contribution in [3.8, 4) is 0 Å². The van der Waals surface area contributed by atoms with Crippen molar-refractivity contribution in [3.63, 3.8) is 0 Å². The molecule has 96 valence electrons. The predicted molar refractivity (Wildman–Crippen MR) is 69.6 cm³/mol. The zero-order valence-corrected chi connectivity index (χ0v) is 11.2. The summed E-state index contributed by atoms with van der Waals surface area (Å²) in [5.74, 6) is 0. The third-order valence-corrected chi connectivity index (χ3v) is 2.46. The molecule has 1 rings (SSSR count). The lowest BCUT2D eigenvalue weighted by molar-refractivity contribution is -0.871. The molecule has 3 heteroatoms. The first-order valence-electron chi connectivity index (χ1n) is 6.17. The van der Waals surface area contributed by atoms with Gasteiger partial charge in [-0.25, -0.2) is 9.78 Å². The minimum absolute atomic E-state index is 0.648. The van der Waals surface area contributed by atoms with Crippen LogP contribution >= 0.6 is 0 Å². The average molecular weight is 238 g/mol. The molecule has 0 amide bonds. The fraction of sp³-hybridized carbons (Fsp3) is 0.571. The third-order valence-electron chi connectivity index (χ3n) is 2.46. The number of quaternary nitrogens is 1. The molecule has 0 heterocycles. The summed E-state index contributed by atoms with van der Waals surface area (Å²) in [6, 6.07) is 10.4. The van der Waals surface area contributed by atoms with Crippen LogP contribution < -0.4 is 0 Å². The number of benzene rings is 1. The van der Waals surface area contributed by atoms with E-state index in [9.17, 15) is 0 Å². The van der Waals surface area contributed by atoms with E-state index in [-0.39, 0.29) is 0 Å².